The van der Waals surface area contributed by atoms with Crippen molar-refractivity contribution in [1.29, 1.82) is 0 Å². The molecule has 0 radical (unpaired) electrons. The van der Waals surface area contributed by atoms with Crippen molar-refractivity contribution in [3.63, 3.8) is 0 Å². The largest absolute Gasteiger partial charge is 0.474 e. The first-order chi connectivity index (χ1) is 27.6. The second kappa shape index (κ2) is 13.7. The molecule has 5 aromatic rings. The Morgan fingerprint density at radius 2 is 0.500 bits per heavy atom. The van der Waals surface area contributed by atoms with Crippen molar-refractivity contribution in [2.75, 3.05) is 26.4 Å². The fraction of sp³-hybridized carbons (Fsp3) is 0.333. The Hall–Kier alpha value is -6.16. The zero-order valence-corrected chi connectivity index (χ0v) is 34.4. The summed E-state index contributed by atoms with van der Waals surface area (Å²) >= 11 is 0. The molecule has 0 N–H and O–H groups in total. The van der Waals surface area contributed by atoms with E-state index in [1.54, 1.807) is 0 Å². The minimum atomic E-state index is -0.301. The van der Waals surface area contributed by atoms with Gasteiger partial charge in [-0.05, 0) is 124 Å². The molecule has 10 nitrogen and oxygen atoms in total. The van der Waals surface area contributed by atoms with Crippen molar-refractivity contribution in [2.24, 2.45) is 20.0 Å². The Morgan fingerprint density at radius 1 is 0.310 bits per heavy atom. The van der Waals surface area contributed by atoms with Gasteiger partial charge in [0.15, 0.2) is 0 Å². The van der Waals surface area contributed by atoms with E-state index in [2.05, 4.69) is 128 Å². The molecule has 0 fully saturated rings. The number of hydrogen-bond donors (Lipinski definition) is 0. The lowest BCUT2D eigenvalue weighted by molar-refractivity contribution is 0.278. The fourth-order valence-corrected chi connectivity index (χ4v) is 7.26. The maximum absolute atomic E-state index is 5.99. The molecule has 0 unspecified atom stereocenters. The van der Waals surface area contributed by atoms with Crippen molar-refractivity contribution >= 4 is 23.6 Å². The molecular formula is C48H48N6O4. The number of nitrogens with zero attached hydrogens (tertiary/aromatic N) is 6. The summed E-state index contributed by atoms with van der Waals surface area (Å²) in [5.41, 5.74) is 10.1. The van der Waals surface area contributed by atoms with E-state index in [1.165, 1.54) is 0 Å². The van der Waals surface area contributed by atoms with Crippen LogP contribution in [0.15, 0.2) is 117 Å². The third-order valence-corrected chi connectivity index (χ3v) is 10.4. The lowest BCUT2D eigenvalue weighted by Gasteiger charge is -2.11. The van der Waals surface area contributed by atoms with Crippen LogP contribution in [0.4, 0.5) is 0 Å². The highest BCUT2D eigenvalue weighted by Crippen LogP contribution is 2.33. The van der Waals surface area contributed by atoms with Crippen molar-refractivity contribution in [1.82, 2.24) is 9.97 Å². The van der Waals surface area contributed by atoms with Crippen LogP contribution < -0.4 is 0 Å². The van der Waals surface area contributed by atoms with Gasteiger partial charge in [0, 0.05) is 0 Å². The molecule has 0 saturated heterocycles. The average Bonchev–Trinajstić information content (AvgIpc) is 3.98. The molecule has 4 aliphatic heterocycles. The van der Waals surface area contributed by atoms with E-state index < -0.39 is 0 Å². The van der Waals surface area contributed by atoms with Crippen LogP contribution in [0.25, 0.3) is 44.5 Å². The van der Waals surface area contributed by atoms with Crippen LogP contribution in [-0.4, -0.2) is 82.1 Å². The summed E-state index contributed by atoms with van der Waals surface area (Å²) < 4.78 is 24.0. The predicted molar refractivity (Wildman–Crippen MR) is 230 cm³/mol. The number of aliphatic imine (C=N–C) groups is 4. The van der Waals surface area contributed by atoms with Gasteiger partial charge in [0.25, 0.3) is 0 Å². The van der Waals surface area contributed by atoms with Crippen LogP contribution in [-0.2, 0) is 18.9 Å². The first kappa shape index (κ1) is 37.4. The summed E-state index contributed by atoms with van der Waals surface area (Å²) in [7, 11) is 0. The summed E-state index contributed by atoms with van der Waals surface area (Å²) in [5.74, 6) is 2.17. The van der Waals surface area contributed by atoms with E-state index in [0.29, 0.717) is 72.8 Å². The van der Waals surface area contributed by atoms with Crippen LogP contribution in [0.3, 0.4) is 0 Å². The molecule has 0 spiro atoms. The molecule has 58 heavy (non-hydrogen) atoms. The van der Waals surface area contributed by atoms with E-state index in [1.807, 2.05) is 24.3 Å². The quantitative estimate of drug-likeness (QED) is 0.155. The molecule has 0 bridgehead atoms. The van der Waals surface area contributed by atoms with Crippen LogP contribution in [0, 0.1) is 0 Å². The molecule has 10 heteroatoms. The molecule has 6 heterocycles. The smallest absolute Gasteiger partial charge is 0.236 e. The molecule has 0 atom stereocenters. The summed E-state index contributed by atoms with van der Waals surface area (Å²) in [6, 6.07) is 34.0. The lowest BCUT2D eigenvalue weighted by atomic mass is 9.96. The number of rotatable bonds is 8. The lowest BCUT2D eigenvalue weighted by Crippen LogP contribution is -2.17. The van der Waals surface area contributed by atoms with E-state index in [4.69, 9.17) is 48.9 Å². The molecule has 2 aromatic heterocycles. The molecule has 0 saturated carbocycles. The summed E-state index contributed by atoms with van der Waals surface area (Å²) in [4.78, 5) is 29.0. The van der Waals surface area contributed by atoms with Gasteiger partial charge in [-0.15, -0.1) is 0 Å². The number of benzene rings is 3. The van der Waals surface area contributed by atoms with E-state index in [0.717, 1.165) is 44.5 Å². The van der Waals surface area contributed by atoms with Gasteiger partial charge in [0.05, 0.1) is 22.2 Å². The van der Waals surface area contributed by atoms with Gasteiger partial charge in [0.2, 0.25) is 23.6 Å². The monoisotopic (exact) mass is 772 g/mol. The predicted octanol–water partition coefficient (Wildman–Crippen LogP) is 9.37. The number of ether oxygens (including phenoxy) is 4. The van der Waals surface area contributed by atoms with E-state index in [-0.39, 0.29) is 22.2 Å². The molecule has 9 rings (SSSR count). The van der Waals surface area contributed by atoms with E-state index >= 15 is 0 Å². The number of aromatic nitrogens is 2. The van der Waals surface area contributed by atoms with Crippen molar-refractivity contribution in [3.05, 3.63) is 120 Å². The van der Waals surface area contributed by atoms with Gasteiger partial charge in [-0.1, -0.05) is 72.8 Å². The molecule has 3 aromatic carbocycles. The summed E-state index contributed by atoms with van der Waals surface area (Å²) in [6.07, 6.45) is 0. The maximum Gasteiger partial charge on any atom is 0.236 e. The Bertz CT molecular complexity index is 2260. The Kier molecular flexibility index (Phi) is 8.87. The Morgan fingerprint density at radius 3 is 0.672 bits per heavy atom. The zero-order valence-electron chi connectivity index (χ0n) is 34.4. The minimum absolute atomic E-state index is 0.301. The number of pyridine rings is 2. The Balaban J connectivity index is 0.959. The average molecular weight is 773 g/mol. The van der Waals surface area contributed by atoms with Gasteiger partial charge in [-0.2, -0.15) is 0 Å². The minimum Gasteiger partial charge on any atom is -0.474 e. The highest BCUT2D eigenvalue weighted by atomic mass is 16.5. The topological polar surface area (TPSA) is 112 Å². The normalized spacial score (nSPS) is 19.6. The van der Waals surface area contributed by atoms with Gasteiger partial charge in [0.1, 0.15) is 49.2 Å². The van der Waals surface area contributed by atoms with Crippen LogP contribution >= 0.6 is 0 Å². The molecule has 294 valence electrons. The Labute approximate surface area is 339 Å². The molecular weight excluding hydrogens is 725 g/mol. The second-order valence-corrected chi connectivity index (χ2v) is 18.1. The molecule has 4 aliphatic rings. The first-order valence-corrected chi connectivity index (χ1v) is 19.8. The third kappa shape index (κ3) is 7.75. The zero-order chi connectivity index (χ0) is 40.5. The van der Waals surface area contributed by atoms with Crippen molar-refractivity contribution in [3.8, 4) is 44.5 Å². The summed E-state index contributed by atoms with van der Waals surface area (Å²) in [6.45, 7) is 18.5. The van der Waals surface area contributed by atoms with Crippen LogP contribution in [0.1, 0.15) is 78.2 Å². The van der Waals surface area contributed by atoms with Gasteiger partial charge >= 0.3 is 0 Å². The first-order valence-electron chi connectivity index (χ1n) is 19.8. The SMILES string of the molecule is CC1(C)COC(c2cc(-c3ccc(-c4ccc(-c5ccc(-c6cc(C7=NC(C)(C)CO7)nc(C7=NC(C)(C)CO7)c6)cc5)cc4)cc3)cc(C3=NC(C)(C)CO3)n2)=N1. The fourth-order valence-electron chi connectivity index (χ4n) is 7.26. The van der Waals surface area contributed by atoms with Crippen molar-refractivity contribution < 1.29 is 18.9 Å². The molecule has 0 amide bonds. The number of hydrogen-bond acceptors (Lipinski definition) is 10. The highest BCUT2D eigenvalue weighted by molar-refractivity contribution is 6.00. The maximum atomic E-state index is 5.99. The van der Waals surface area contributed by atoms with Gasteiger partial charge < -0.3 is 18.9 Å². The highest BCUT2D eigenvalue weighted by Gasteiger charge is 2.33. The van der Waals surface area contributed by atoms with Gasteiger partial charge in [-0.3, -0.25) is 0 Å². The van der Waals surface area contributed by atoms with Crippen LogP contribution in [0.2, 0.25) is 0 Å². The third-order valence-electron chi connectivity index (χ3n) is 10.4. The second-order valence-electron chi connectivity index (χ2n) is 18.1. The summed E-state index contributed by atoms with van der Waals surface area (Å²) in [5, 5.41) is 0. The standard InChI is InChI=1S/C48H48N6O4/c1-45(2)25-55-41(51-45)37-21-35(22-38(49-37)42-52-46(3,4)26-56-42)33-17-13-31(14-18-33)29-9-11-30(12-10-29)32-15-19-34(20-16-32)36-23-39(43-53-47(5,6)27-57-43)50-40(24-36)44-54-48(7,8)28-58-44/h9-24H,25-28H2,1-8H3. The molecule has 0 aliphatic carbocycles. The van der Waals surface area contributed by atoms with Gasteiger partial charge in [-0.25, -0.2) is 29.9 Å². The van der Waals surface area contributed by atoms with Crippen LogP contribution in [0.5, 0.6) is 0 Å². The van der Waals surface area contributed by atoms with Crippen molar-refractivity contribution in [2.45, 2.75) is 77.5 Å². The van der Waals surface area contributed by atoms with E-state index in [9.17, 15) is 0 Å².